The first-order chi connectivity index (χ1) is 11.4. The molecule has 2 aromatic carbocycles. The van der Waals surface area contributed by atoms with Gasteiger partial charge in [0.2, 0.25) is 0 Å². The Hall–Kier alpha value is -2.51. The lowest BCUT2D eigenvalue weighted by atomic mass is 10.1. The fraction of sp³-hybridized carbons (Fsp3) is 0.235. The lowest BCUT2D eigenvalue weighted by molar-refractivity contribution is -0.382. The predicted octanol–water partition coefficient (Wildman–Crippen LogP) is 4.37. The molecule has 7 heteroatoms. The van der Waals surface area contributed by atoms with Gasteiger partial charge in [-0.25, -0.2) is 4.98 Å². The van der Waals surface area contributed by atoms with Crippen molar-refractivity contribution in [2.24, 2.45) is 0 Å². The van der Waals surface area contributed by atoms with Gasteiger partial charge in [-0.3, -0.25) is 10.1 Å². The van der Waals surface area contributed by atoms with E-state index >= 15 is 0 Å². The van der Waals surface area contributed by atoms with Gasteiger partial charge in [-0.2, -0.15) is 0 Å². The molecule has 1 aromatic heterocycles. The lowest BCUT2D eigenvalue weighted by Gasteiger charge is -2.11. The van der Waals surface area contributed by atoms with Gasteiger partial charge in [0.25, 0.3) is 5.69 Å². The van der Waals surface area contributed by atoms with Gasteiger partial charge in [0.1, 0.15) is 4.70 Å². The van der Waals surface area contributed by atoms with Crippen molar-refractivity contribution in [2.45, 2.75) is 27.4 Å². The minimum absolute atomic E-state index is 0.0283. The molecule has 0 atom stereocenters. The van der Waals surface area contributed by atoms with Crippen molar-refractivity contribution in [3.8, 4) is 0 Å². The van der Waals surface area contributed by atoms with Crippen molar-refractivity contribution < 1.29 is 10.0 Å². The van der Waals surface area contributed by atoms with Gasteiger partial charge >= 0.3 is 0 Å². The van der Waals surface area contributed by atoms with Crippen LogP contribution in [0.3, 0.4) is 0 Å². The topological polar surface area (TPSA) is 88.3 Å². The third-order valence-electron chi connectivity index (χ3n) is 3.82. The van der Waals surface area contributed by atoms with Gasteiger partial charge in [-0.05, 0) is 43.5 Å². The van der Waals surface area contributed by atoms with Gasteiger partial charge in [0.05, 0.1) is 17.0 Å². The van der Waals surface area contributed by atoms with E-state index < -0.39 is 4.92 Å². The molecular formula is C17H17N3O3S. The Morgan fingerprint density at radius 3 is 2.46 bits per heavy atom. The van der Waals surface area contributed by atoms with Crippen molar-refractivity contribution in [1.82, 2.24) is 4.98 Å². The van der Waals surface area contributed by atoms with Crippen molar-refractivity contribution >= 4 is 38.1 Å². The van der Waals surface area contributed by atoms with Crippen LogP contribution in [0.15, 0.2) is 24.3 Å². The van der Waals surface area contributed by atoms with Crippen LogP contribution in [0.25, 0.3) is 10.2 Å². The van der Waals surface area contributed by atoms with Gasteiger partial charge in [-0.15, -0.1) is 0 Å². The maximum absolute atomic E-state index is 11.3. The summed E-state index contributed by atoms with van der Waals surface area (Å²) in [6.07, 6.45) is 0. The summed E-state index contributed by atoms with van der Waals surface area (Å²) in [6.45, 7) is 5.82. The van der Waals surface area contributed by atoms with Gasteiger partial charge in [0.15, 0.2) is 5.13 Å². The lowest BCUT2D eigenvalue weighted by Crippen LogP contribution is -1.96. The van der Waals surface area contributed by atoms with Crippen LogP contribution in [-0.2, 0) is 6.61 Å². The minimum atomic E-state index is -0.439. The molecule has 0 aliphatic carbocycles. The zero-order valence-corrected chi connectivity index (χ0v) is 14.4. The summed E-state index contributed by atoms with van der Waals surface area (Å²) in [4.78, 5) is 15.3. The van der Waals surface area contributed by atoms with Crippen molar-refractivity contribution in [3.05, 3.63) is 56.6 Å². The fourth-order valence-corrected chi connectivity index (χ4v) is 3.77. The van der Waals surface area contributed by atoms with E-state index in [0.717, 1.165) is 16.8 Å². The molecule has 1 heterocycles. The number of anilines is 2. The molecule has 24 heavy (non-hydrogen) atoms. The molecule has 0 aliphatic heterocycles. The zero-order valence-electron chi connectivity index (χ0n) is 13.6. The molecule has 0 radical (unpaired) electrons. The summed E-state index contributed by atoms with van der Waals surface area (Å²) in [7, 11) is 0. The van der Waals surface area contributed by atoms with Crippen LogP contribution in [-0.4, -0.2) is 15.0 Å². The van der Waals surface area contributed by atoms with E-state index in [1.54, 1.807) is 6.07 Å². The Morgan fingerprint density at radius 1 is 1.21 bits per heavy atom. The molecule has 0 saturated heterocycles. The Labute approximate surface area is 142 Å². The SMILES string of the molecule is Cc1cc(C)c(Nc2nc3cc(CO)cc([N+](=O)[O-])c3s2)c(C)c1. The predicted molar refractivity (Wildman–Crippen MR) is 96.1 cm³/mol. The third-order valence-corrected chi connectivity index (χ3v) is 4.83. The van der Waals surface area contributed by atoms with Crippen molar-refractivity contribution in [2.75, 3.05) is 5.32 Å². The van der Waals surface area contributed by atoms with Crippen LogP contribution < -0.4 is 5.32 Å². The van der Waals surface area contributed by atoms with Gasteiger partial charge < -0.3 is 10.4 Å². The van der Waals surface area contributed by atoms with E-state index in [2.05, 4.69) is 22.4 Å². The number of hydrogen-bond acceptors (Lipinski definition) is 6. The van der Waals surface area contributed by atoms with Crippen LogP contribution in [0.4, 0.5) is 16.5 Å². The Balaban J connectivity index is 2.09. The third kappa shape index (κ3) is 2.95. The Morgan fingerprint density at radius 2 is 1.88 bits per heavy atom. The average Bonchev–Trinajstić information content (AvgIpc) is 2.91. The summed E-state index contributed by atoms with van der Waals surface area (Å²) < 4.78 is 0.502. The molecule has 124 valence electrons. The van der Waals surface area contributed by atoms with Crippen molar-refractivity contribution in [3.63, 3.8) is 0 Å². The van der Waals surface area contributed by atoms with E-state index in [-0.39, 0.29) is 12.3 Å². The second-order valence-corrected chi connectivity index (χ2v) is 6.80. The molecular weight excluding hydrogens is 326 g/mol. The van der Waals surface area contributed by atoms with Gasteiger partial charge in [0, 0.05) is 11.8 Å². The molecule has 0 unspecified atom stereocenters. The molecule has 0 bridgehead atoms. The highest BCUT2D eigenvalue weighted by atomic mass is 32.1. The minimum Gasteiger partial charge on any atom is -0.392 e. The first-order valence-corrected chi connectivity index (χ1v) is 8.24. The molecule has 2 N–H and O–H groups in total. The maximum Gasteiger partial charge on any atom is 0.289 e. The Kier molecular flexibility index (Phi) is 4.21. The van der Waals surface area contributed by atoms with E-state index in [1.165, 1.54) is 23.0 Å². The number of aromatic nitrogens is 1. The highest BCUT2D eigenvalue weighted by Crippen LogP contribution is 2.37. The van der Waals surface area contributed by atoms with Crippen molar-refractivity contribution in [1.29, 1.82) is 0 Å². The number of benzene rings is 2. The summed E-state index contributed by atoms with van der Waals surface area (Å²) >= 11 is 1.24. The highest BCUT2D eigenvalue weighted by Gasteiger charge is 2.18. The fourth-order valence-electron chi connectivity index (χ4n) is 2.84. The first-order valence-electron chi connectivity index (χ1n) is 7.42. The summed E-state index contributed by atoms with van der Waals surface area (Å²) in [5.74, 6) is 0. The van der Waals surface area contributed by atoms with Crippen LogP contribution >= 0.6 is 11.3 Å². The number of aliphatic hydroxyl groups excluding tert-OH is 1. The molecule has 0 aliphatic rings. The normalized spacial score (nSPS) is 11.0. The number of nitrogens with one attached hydrogen (secondary N) is 1. The van der Waals surface area contributed by atoms with Crippen LogP contribution in [0, 0.1) is 30.9 Å². The second kappa shape index (κ2) is 6.18. The molecule has 0 fully saturated rings. The molecule has 0 saturated carbocycles. The van der Waals surface area contributed by atoms with E-state index in [0.29, 0.717) is 20.9 Å². The monoisotopic (exact) mass is 343 g/mol. The standard InChI is InChI=1S/C17H17N3O3S/c1-9-4-10(2)15(11(3)5-9)19-17-18-13-6-12(8-21)7-14(20(22)23)16(13)24-17/h4-7,21H,8H2,1-3H3,(H,18,19). The number of nitro groups is 1. The number of fused-ring (bicyclic) bond motifs is 1. The number of aliphatic hydroxyl groups is 1. The second-order valence-electron chi connectivity index (χ2n) is 5.80. The number of hydrogen-bond donors (Lipinski definition) is 2. The summed E-state index contributed by atoms with van der Waals surface area (Å²) in [5.41, 5.74) is 5.30. The quantitative estimate of drug-likeness (QED) is 0.542. The summed E-state index contributed by atoms with van der Waals surface area (Å²) in [6, 6.07) is 7.23. The number of rotatable bonds is 4. The number of aryl methyl sites for hydroxylation is 3. The first kappa shape index (κ1) is 16.4. The molecule has 3 aromatic rings. The maximum atomic E-state index is 11.3. The van der Waals surface area contributed by atoms with E-state index in [1.807, 2.05) is 20.8 Å². The van der Waals surface area contributed by atoms with Gasteiger partial charge in [-0.1, -0.05) is 29.0 Å². The number of non-ortho nitro benzene ring substituents is 1. The van der Waals surface area contributed by atoms with E-state index in [4.69, 9.17) is 0 Å². The summed E-state index contributed by atoms with van der Waals surface area (Å²) in [5, 5.41) is 24.4. The molecule has 0 spiro atoms. The molecule has 6 nitrogen and oxygen atoms in total. The molecule has 0 amide bonds. The van der Waals surface area contributed by atoms with Crippen LogP contribution in [0.2, 0.25) is 0 Å². The van der Waals surface area contributed by atoms with Crippen LogP contribution in [0.1, 0.15) is 22.3 Å². The largest absolute Gasteiger partial charge is 0.392 e. The van der Waals surface area contributed by atoms with Crippen LogP contribution in [0.5, 0.6) is 0 Å². The van der Waals surface area contributed by atoms with E-state index in [9.17, 15) is 15.2 Å². The number of nitro benzene ring substituents is 1. The number of thiazole rings is 1. The smallest absolute Gasteiger partial charge is 0.289 e. The molecule has 3 rings (SSSR count). The number of nitrogens with zero attached hydrogens (tertiary/aromatic N) is 2. The zero-order chi connectivity index (χ0) is 17.4. The highest BCUT2D eigenvalue weighted by molar-refractivity contribution is 7.22. The average molecular weight is 343 g/mol. The Bertz CT molecular complexity index is 927.